The second-order valence-electron chi connectivity index (χ2n) is 17.0. The predicted molar refractivity (Wildman–Crippen MR) is 299 cm³/mol. The third-order valence-electron chi connectivity index (χ3n) is 13.1. The SMILES string of the molecule is Brc1ccc2c(c1)-c1ccccc1C2.[2H]c1c([2H])c([2H])c(-c2c3ccccc3c(-c3ccc4oc5ccccc5c4c3)c3ccccc23)c([2H])c1[2H].[2H]c1c([2H])c([2H])c(-c2c3ccccc3c(B(O)O)c3ccccc23)c([2H])c1[2H]. The van der Waals surface area contributed by atoms with Gasteiger partial charge in [-0.2, -0.15) is 0 Å². The van der Waals surface area contributed by atoms with Crippen LogP contribution in [0.4, 0.5) is 0 Å². The molecular formula is C65H44BBrO3. The number of fused-ring (bicyclic) bond motifs is 10. The Hall–Kier alpha value is -8.06. The maximum atomic E-state index is 10.0. The summed E-state index contributed by atoms with van der Waals surface area (Å²) in [6.45, 7) is 0. The van der Waals surface area contributed by atoms with Gasteiger partial charge in [0.25, 0.3) is 0 Å². The minimum Gasteiger partial charge on any atom is -0.456 e. The normalized spacial score (nSPS) is 13.6. The van der Waals surface area contributed by atoms with Crippen LogP contribution in [0.25, 0.3) is 110 Å². The predicted octanol–water partition coefficient (Wildman–Crippen LogP) is 16.6. The van der Waals surface area contributed by atoms with E-state index in [4.69, 9.17) is 18.1 Å². The quantitative estimate of drug-likeness (QED) is 0.136. The molecule has 332 valence electrons. The second-order valence-corrected chi connectivity index (χ2v) is 18.0. The van der Waals surface area contributed by atoms with Crippen LogP contribution in [-0.4, -0.2) is 17.2 Å². The maximum absolute atomic E-state index is 10.0. The highest BCUT2D eigenvalue weighted by Gasteiger charge is 2.23. The van der Waals surface area contributed by atoms with E-state index in [1.165, 1.54) is 22.3 Å². The molecule has 0 atom stereocenters. The molecule has 5 heteroatoms. The summed E-state index contributed by atoms with van der Waals surface area (Å²) in [5.41, 5.74) is 11.1. The lowest BCUT2D eigenvalue weighted by atomic mass is 9.72. The highest BCUT2D eigenvalue weighted by Crippen LogP contribution is 2.45. The molecule has 1 aromatic heterocycles. The Kier molecular flexibility index (Phi) is 8.82. The van der Waals surface area contributed by atoms with E-state index >= 15 is 0 Å². The Balaban J connectivity index is 0.000000132. The van der Waals surface area contributed by atoms with Gasteiger partial charge in [-0.25, -0.2) is 0 Å². The lowest BCUT2D eigenvalue weighted by molar-refractivity contribution is 0.426. The van der Waals surface area contributed by atoms with Crippen LogP contribution in [0.5, 0.6) is 0 Å². The molecule has 1 heterocycles. The fourth-order valence-corrected chi connectivity index (χ4v) is 10.5. The lowest BCUT2D eigenvalue weighted by Gasteiger charge is -2.17. The number of halogens is 1. The summed E-state index contributed by atoms with van der Waals surface area (Å²) in [4.78, 5) is 0. The molecule has 0 aliphatic heterocycles. The Morgan fingerprint density at radius 1 is 0.386 bits per heavy atom. The van der Waals surface area contributed by atoms with Crippen LogP contribution in [0.1, 0.15) is 24.8 Å². The number of rotatable bonds is 4. The molecule has 14 rings (SSSR count). The molecule has 2 N–H and O–H groups in total. The number of hydrogen-bond donors (Lipinski definition) is 2. The van der Waals surface area contributed by atoms with Crippen LogP contribution in [-0.2, 0) is 6.42 Å². The Morgan fingerprint density at radius 3 is 1.36 bits per heavy atom. The van der Waals surface area contributed by atoms with Gasteiger partial charge in [0, 0.05) is 15.2 Å². The van der Waals surface area contributed by atoms with Gasteiger partial charge in [0.2, 0.25) is 0 Å². The molecule has 13 aromatic rings. The Labute approximate surface area is 428 Å². The first-order valence-corrected chi connectivity index (χ1v) is 23.6. The zero-order valence-corrected chi connectivity index (χ0v) is 38.9. The van der Waals surface area contributed by atoms with E-state index in [9.17, 15) is 10.0 Å². The van der Waals surface area contributed by atoms with Gasteiger partial charge in [0.1, 0.15) is 11.2 Å². The summed E-state index contributed by atoms with van der Waals surface area (Å²) >= 11 is 3.52. The molecular weight excluding hydrogens is 919 g/mol. The maximum Gasteiger partial charge on any atom is 0.489 e. The van der Waals surface area contributed by atoms with Crippen LogP contribution in [0.2, 0.25) is 0 Å². The zero-order chi connectivity index (χ0) is 55.8. The van der Waals surface area contributed by atoms with Gasteiger partial charge in [0.05, 0.1) is 13.7 Å². The van der Waals surface area contributed by atoms with Crippen molar-refractivity contribution >= 4 is 93.5 Å². The van der Waals surface area contributed by atoms with Crippen molar-refractivity contribution in [3.05, 3.63) is 258 Å². The summed E-state index contributed by atoms with van der Waals surface area (Å²) in [7, 11) is -1.72. The fraction of sp³-hybridized carbons (Fsp3) is 0.0154. The van der Waals surface area contributed by atoms with Crippen molar-refractivity contribution in [3.63, 3.8) is 0 Å². The van der Waals surface area contributed by atoms with E-state index in [1.807, 2.05) is 72.8 Å². The highest BCUT2D eigenvalue weighted by atomic mass is 79.9. The van der Waals surface area contributed by atoms with Crippen LogP contribution in [0, 0.1) is 0 Å². The van der Waals surface area contributed by atoms with Gasteiger partial charge in [-0.15, -0.1) is 0 Å². The summed E-state index contributed by atoms with van der Waals surface area (Å²) in [5, 5.41) is 27.9. The summed E-state index contributed by atoms with van der Waals surface area (Å²) in [6.07, 6.45) is 1.08. The lowest BCUT2D eigenvalue weighted by Crippen LogP contribution is -2.31. The van der Waals surface area contributed by atoms with E-state index in [-0.39, 0.29) is 47.4 Å². The largest absolute Gasteiger partial charge is 0.489 e. The highest BCUT2D eigenvalue weighted by molar-refractivity contribution is 9.10. The second kappa shape index (κ2) is 18.5. The minimum absolute atomic E-state index is 0.0948. The number of para-hydroxylation sites is 1. The molecule has 0 saturated carbocycles. The van der Waals surface area contributed by atoms with Crippen molar-refractivity contribution in [1.29, 1.82) is 0 Å². The van der Waals surface area contributed by atoms with E-state index in [1.54, 1.807) is 48.5 Å². The fourth-order valence-electron chi connectivity index (χ4n) is 10.1. The number of furan rings is 1. The molecule has 0 unspecified atom stereocenters. The third-order valence-corrected chi connectivity index (χ3v) is 13.6. The third kappa shape index (κ3) is 7.75. The van der Waals surface area contributed by atoms with Crippen LogP contribution in [0.3, 0.4) is 0 Å². The first-order chi connectivity index (χ1) is 38.6. The molecule has 1 aliphatic carbocycles. The Bertz CT molecular complexity index is 4540. The molecule has 1 aliphatic rings. The molecule has 0 amide bonds. The van der Waals surface area contributed by atoms with Crippen molar-refractivity contribution < 1.29 is 28.2 Å². The van der Waals surface area contributed by atoms with Crippen molar-refractivity contribution in [2.45, 2.75) is 6.42 Å². The van der Waals surface area contributed by atoms with Gasteiger partial charge in [0.15, 0.2) is 0 Å². The molecule has 3 nitrogen and oxygen atoms in total. The summed E-state index contributed by atoms with van der Waals surface area (Å²) in [5.74, 6) is 0. The number of hydrogen-bond acceptors (Lipinski definition) is 3. The van der Waals surface area contributed by atoms with Crippen LogP contribution in [0.15, 0.2) is 251 Å². The van der Waals surface area contributed by atoms with E-state index in [0.717, 1.165) is 65.5 Å². The van der Waals surface area contributed by atoms with Crippen molar-refractivity contribution in [1.82, 2.24) is 0 Å². The monoisotopic (exact) mass is 972 g/mol. The molecule has 0 saturated heterocycles. The molecule has 0 radical (unpaired) electrons. The zero-order valence-electron chi connectivity index (χ0n) is 47.3. The van der Waals surface area contributed by atoms with Crippen molar-refractivity contribution in [2.24, 2.45) is 0 Å². The first-order valence-electron chi connectivity index (χ1n) is 27.8. The Morgan fingerprint density at radius 2 is 0.814 bits per heavy atom. The van der Waals surface area contributed by atoms with Gasteiger partial charge < -0.3 is 14.5 Å². The summed E-state index contributed by atoms with van der Waals surface area (Å²) < 4.78 is 90.0. The molecule has 0 bridgehead atoms. The molecule has 0 spiro atoms. The van der Waals surface area contributed by atoms with Gasteiger partial charge in [-0.1, -0.05) is 228 Å². The van der Waals surface area contributed by atoms with Gasteiger partial charge in [-0.05, 0) is 141 Å². The number of benzene rings is 12. The average Bonchev–Trinajstić information content (AvgIpc) is 4.05. The smallest absolute Gasteiger partial charge is 0.456 e. The molecule has 0 fully saturated rings. The molecule has 12 aromatic carbocycles. The van der Waals surface area contributed by atoms with E-state index < -0.39 is 31.3 Å². The van der Waals surface area contributed by atoms with Crippen LogP contribution >= 0.6 is 15.9 Å². The van der Waals surface area contributed by atoms with E-state index in [2.05, 4.69) is 76.6 Å². The van der Waals surface area contributed by atoms with Crippen molar-refractivity contribution in [2.75, 3.05) is 0 Å². The first kappa shape index (κ1) is 33.4. The topological polar surface area (TPSA) is 53.6 Å². The molecule has 70 heavy (non-hydrogen) atoms. The average molecular weight is 974 g/mol. The minimum atomic E-state index is -1.72. The van der Waals surface area contributed by atoms with Gasteiger partial charge in [-0.3, -0.25) is 0 Å². The van der Waals surface area contributed by atoms with E-state index in [0.29, 0.717) is 38.1 Å². The summed E-state index contributed by atoms with van der Waals surface area (Å²) in [6, 6.07) is 55.8. The van der Waals surface area contributed by atoms with Crippen LogP contribution < -0.4 is 5.46 Å². The standard InChI is InChI=1S/C32H20O.C20H15BO2.C13H9Br/c1-2-10-21(11-3-1)31-24-13-4-6-15-26(24)32(27-16-7-5-14-25(27)31)22-18-19-30-28(20-22)23-12-8-9-17-29(23)33-30;22-21(23)20-17-12-6-4-10-15(17)19(14-8-2-1-3-9-14)16-11-5-7-13-18(16)20;14-11-6-5-10-7-9-3-1-2-4-12(9)13(10)8-11/h1-20H;1-13,22-23H;1-6,8H,7H2/i1D,2D,3D,10D,11D;1D,2D,3D,8D,9D;. The van der Waals surface area contributed by atoms with Crippen molar-refractivity contribution in [3.8, 4) is 44.5 Å². The van der Waals surface area contributed by atoms with Gasteiger partial charge >= 0.3 is 7.12 Å².